The minimum atomic E-state index is -0.531. The van der Waals surface area contributed by atoms with E-state index >= 15 is 0 Å². The molecule has 0 aromatic rings. The van der Waals surface area contributed by atoms with E-state index in [-0.39, 0.29) is 17.3 Å². The molecule has 0 aromatic carbocycles. The van der Waals surface area contributed by atoms with Gasteiger partial charge in [0.15, 0.2) is 0 Å². The van der Waals surface area contributed by atoms with Crippen molar-refractivity contribution in [2.75, 3.05) is 0 Å². The van der Waals surface area contributed by atoms with Crippen LogP contribution in [0.1, 0.15) is 65.7 Å². The molecule has 0 saturated heterocycles. The van der Waals surface area contributed by atoms with Crippen molar-refractivity contribution in [3.05, 3.63) is 0 Å². The minimum Gasteiger partial charge on any atom is -0.300 e. The van der Waals surface area contributed by atoms with Gasteiger partial charge in [-0.1, -0.05) is 19.8 Å². The third-order valence-corrected chi connectivity index (χ3v) is 5.11. The van der Waals surface area contributed by atoms with Gasteiger partial charge < -0.3 is 0 Å². The highest BCUT2D eigenvalue weighted by Crippen LogP contribution is 2.59. The lowest BCUT2D eigenvalue weighted by molar-refractivity contribution is -0.140. The number of rotatable bonds is 4. The van der Waals surface area contributed by atoms with Crippen molar-refractivity contribution in [1.29, 1.82) is 0 Å². The molecule has 0 aromatic heterocycles. The summed E-state index contributed by atoms with van der Waals surface area (Å²) in [7, 11) is 0. The van der Waals surface area contributed by atoms with Crippen molar-refractivity contribution in [1.82, 2.24) is 0 Å². The Labute approximate surface area is 115 Å². The average Bonchev–Trinajstić information content (AvgIpc) is 2.48. The average molecular weight is 264 g/mol. The molecule has 19 heavy (non-hydrogen) atoms. The van der Waals surface area contributed by atoms with Crippen LogP contribution >= 0.6 is 0 Å². The molecule has 0 heterocycles. The minimum absolute atomic E-state index is 0.0764. The number of Topliss-reactive ketones (excluding diaryl/α,β-unsaturated/α-hetero) is 3. The largest absolute Gasteiger partial charge is 0.300 e. The van der Waals surface area contributed by atoms with Crippen molar-refractivity contribution in [2.45, 2.75) is 65.7 Å². The van der Waals surface area contributed by atoms with E-state index in [1.807, 2.05) is 6.92 Å². The van der Waals surface area contributed by atoms with E-state index in [1.54, 1.807) is 13.8 Å². The first-order valence-electron chi connectivity index (χ1n) is 7.34. The van der Waals surface area contributed by atoms with Crippen LogP contribution in [0.15, 0.2) is 0 Å². The molecule has 2 aliphatic carbocycles. The van der Waals surface area contributed by atoms with Crippen molar-refractivity contribution >= 4 is 17.3 Å². The lowest BCUT2D eigenvalue weighted by Gasteiger charge is -2.37. The molecule has 0 radical (unpaired) electrons. The van der Waals surface area contributed by atoms with Gasteiger partial charge in [0.25, 0.3) is 0 Å². The van der Waals surface area contributed by atoms with Crippen LogP contribution in [0, 0.1) is 16.7 Å². The number of hydrogen-bond donors (Lipinski definition) is 0. The smallest absolute Gasteiger partial charge is 0.146 e. The van der Waals surface area contributed by atoms with Crippen LogP contribution < -0.4 is 0 Å². The summed E-state index contributed by atoms with van der Waals surface area (Å²) < 4.78 is 0. The highest BCUT2D eigenvalue weighted by Gasteiger charge is 2.60. The van der Waals surface area contributed by atoms with Crippen molar-refractivity contribution < 1.29 is 14.4 Å². The SMILES string of the molecule is CC(=O)C[C@]1(C)CC2CCCC[C@@]2(CC(C)=O)C1=O. The lowest BCUT2D eigenvalue weighted by atomic mass is 9.64. The van der Waals surface area contributed by atoms with Crippen molar-refractivity contribution in [3.63, 3.8) is 0 Å². The monoisotopic (exact) mass is 264 g/mol. The molecule has 2 fully saturated rings. The molecule has 1 unspecified atom stereocenters. The quantitative estimate of drug-likeness (QED) is 0.784. The van der Waals surface area contributed by atoms with Gasteiger partial charge in [-0.25, -0.2) is 0 Å². The first kappa shape index (κ1) is 14.4. The zero-order valence-electron chi connectivity index (χ0n) is 12.3. The Kier molecular flexibility index (Phi) is 3.67. The van der Waals surface area contributed by atoms with Gasteiger partial charge in [0, 0.05) is 23.7 Å². The van der Waals surface area contributed by atoms with E-state index in [4.69, 9.17) is 0 Å². The predicted octanol–water partition coefficient (Wildman–Crippen LogP) is 3.10. The molecule has 0 aliphatic heterocycles. The first-order valence-corrected chi connectivity index (χ1v) is 7.34. The third-order valence-electron chi connectivity index (χ3n) is 5.11. The van der Waals surface area contributed by atoms with E-state index in [2.05, 4.69) is 0 Å². The van der Waals surface area contributed by atoms with Gasteiger partial charge >= 0.3 is 0 Å². The summed E-state index contributed by atoms with van der Waals surface area (Å²) in [6.45, 7) is 5.06. The maximum atomic E-state index is 13.0. The Balaban J connectivity index is 2.35. The topological polar surface area (TPSA) is 51.2 Å². The number of carbonyl (C=O) groups excluding carboxylic acids is 3. The number of ketones is 3. The predicted molar refractivity (Wildman–Crippen MR) is 72.7 cm³/mol. The Morgan fingerprint density at radius 1 is 1.16 bits per heavy atom. The number of carbonyl (C=O) groups is 3. The Hall–Kier alpha value is -0.990. The first-order chi connectivity index (χ1) is 8.80. The Bertz CT molecular complexity index is 426. The molecule has 0 bridgehead atoms. The van der Waals surface area contributed by atoms with Crippen LogP contribution in [0.4, 0.5) is 0 Å². The summed E-state index contributed by atoms with van der Waals surface area (Å²) in [6, 6.07) is 0. The van der Waals surface area contributed by atoms with Crippen LogP contribution in [0.25, 0.3) is 0 Å². The maximum absolute atomic E-state index is 13.0. The molecule has 2 saturated carbocycles. The fourth-order valence-electron chi connectivity index (χ4n) is 4.60. The third kappa shape index (κ3) is 2.39. The van der Waals surface area contributed by atoms with Crippen LogP contribution in [0.5, 0.6) is 0 Å². The van der Waals surface area contributed by atoms with Crippen molar-refractivity contribution in [2.24, 2.45) is 16.7 Å². The second-order valence-corrected chi connectivity index (χ2v) is 6.95. The van der Waals surface area contributed by atoms with Gasteiger partial charge in [0.05, 0.1) is 0 Å². The van der Waals surface area contributed by atoms with Crippen LogP contribution in [0.2, 0.25) is 0 Å². The normalized spacial score (nSPS) is 38.1. The second-order valence-electron chi connectivity index (χ2n) is 6.95. The molecule has 3 atom stereocenters. The zero-order valence-corrected chi connectivity index (χ0v) is 12.3. The summed E-state index contributed by atoms with van der Waals surface area (Å²) in [4.78, 5) is 36.0. The van der Waals surface area contributed by atoms with Gasteiger partial charge in [0.2, 0.25) is 0 Å². The van der Waals surface area contributed by atoms with E-state index in [9.17, 15) is 14.4 Å². The molecule has 3 nitrogen and oxygen atoms in total. The second kappa shape index (κ2) is 4.84. The van der Waals surface area contributed by atoms with Gasteiger partial charge in [-0.15, -0.1) is 0 Å². The molecular weight excluding hydrogens is 240 g/mol. The van der Waals surface area contributed by atoms with E-state index in [1.165, 1.54) is 0 Å². The summed E-state index contributed by atoms with van der Waals surface area (Å²) in [5.74, 6) is 0.678. The summed E-state index contributed by atoms with van der Waals surface area (Å²) in [6.07, 6.45) is 5.56. The number of hydrogen-bond acceptors (Lipinski definition) is 3. The summed E-state index contributed by atoms with van der Waals surface area (Å²) in [5, 5.41) is 0. The van der Waals surface area contributed by atoms with E-state index < -0.39 is 10.8 Å². The summed E-state index contributed by atoms with van der Waals surface area (Å²) in [5.41, 5.74) is -0.982. The van der Waals surface area contributed by atoms with Crippen LogP contribution in [0.3, 0.4) is 0 Å². The molecule has 3 heteroatoms. The fraction of sp³-hybridized carbons (Fsp3) is 0.812. The van der Waals surface area contributed by atoms with Crippen LogP contribution in [-0.4, -0.2) is 17.3 Å². The molecule has 2 aliphatic rings. The fourth-order valence-corrected chi connectivity index (χ4v) is 4.60. The van der Waals surface area contributed by atoms with Crippen LogP contribution in [-0.2, 0) is 14.4 Å². The van der Waals surface area contributed by atoms with Gasteiger partial charge in [-0.2, -0.15) is 0 Å². The molecule has 0 amide bonds. The summed E-state index contributed by atoms with van der Waals surface area (Å²) >= 11 is 0. The zero-order chi connectivity index (χ0) is 14.3. The van der Waals surface area contributed by atoms with Crippen molar-refractivity contribution in [3.8, 4) is 0 Å². The van der Waals surface area contributed by atoms with Gasteiger partial charge in [0.1, 0.15) is 17.3 Å². The standard InChI is InChI=1S/C16H24O3/c1-11(17)8-15(3)10-13-6-4-5-7-16(13,14(15)19)9-12(2)18/h13H,4-10H2,1-3H3/t13?,15-,16+/m1/s1. The highest BCUT2D eigenvalue weighted by atomic mass is 16.1. The maximum Gasteiger partial charge on any atom is 0.146 e. The molecule has 106 valence electrons. The molecular formula is C16H24O3. The van der Waals surface area contributed by atoms with E-state index in [0.717, 1.165) is 32.1 Å². The highest BCUT2D eigenvalue weighted by molar-refractivity contribution is 5.98. The van der Waals surface area contributed by atoms with Gasteiger partial charge in [-0.3, -0.25) is 14.4 Å². The lowest BCUT2D eigenvalue weighted by Crippen LogP contribution is -2.40. The Morgan fingerprint density at radius 3 is 2.37 bits per heavy atom. The molecule has 0 spiro atoms. The Morgan fingerprint density at radius 2 is 1.79 bits per heavy atom. The van der Waals surface area contributed by atoms with Gasteiger partial charge in [-0.05, 0) is 39.0 Å². The van der Waals surface area contributed by atoms with E-state index in [0.29, 0.717) is 18.8 Å². The molecule has 2 rings (SSSR count). The molecule has 0 N–H and O–H groups in total. The number of fused-ring (bicyclic) bond motifs is 1.